The van der Waals surface area contributed by atoms with Gasteiger partial charge in [0.2, 0.25) is 0 Å². The molecular weight excluding hydrogens is 226 g/mol. The second-order valence-corrected chi connectivity index (χ2v) is 2.05. The Morgan fingerprint density at radius 2 is 1.38 bits per heavy atom. The SMILES string of the molecule is CCOC(=O)NO[N+](=O)ONC(=O)OCC. The molecule has 0 radical (unpaired) electrons. The number of carbonyl (C=O) groups is 2. The van der Waals surface area contributed by atoms with Crippen molar-refractivity contribution in [2.45, 2.75) is 13.8 Å². The maximum atomic E-state index is 10.6. The van der Waals surface area contributed by atoms with Gasteiger partial charge in [0.25, 0.3) is 0 Å². The summed E-state index contributed by atoms with van der Waals surface area (Å²) in [5, 5.41) is -0.562. The Balaban J connectivity index is 3.59. The number of amides is 2. The summed E-state index contributed by atoms with van der Waals surface area (Å²) >= 11 is 0. The number of hydroxylamine groups is 2. The Morgan fingerprint density at radius 3 is 1.69 bits per heavy atom. The summed E-state index contributed by atoms with van der Waals surface area (Å²) in [7, 11) is 0. The average Bonchev–Trinajstić information content (AvgIpc) is 2.24. The predicted molar refractivity (Wildman–Crippen MR) is 46.1 cm³/mol. The van der Waals surface area contributed by atoms with E-state index in [4.69, 9.17) is 0 Å². The van der Waals surface area contributed by atoms with E-state index in [1.54, 1.807) is 24.8 Å². The van der Waals surface area contributed by atoms with Crippen LogP contribution in [-0.2, 0) is 19.4 Å². The van der Waals surface area contributed by atoms with Gasteiger partial charge >= 0.3 is 17.3 Å². The zero-order valence-electron chi connectivity index (χ0n) is 8.72. The minimum absolute atomic E-state index is 0.107. The molecular formula is C6H12N3O7+. The van der Waals surface area contributed by atoms with Gasteiger partial charge in [0.15, 0.2) is 0 Å². The number of rotatable bonds is 6. The van der Waals surface area contributed by atoms with Crippen LogP contribution in [0, 0.1) is 4.91 Å². The molecule has 92 valence electrons. The van der Waals surface area contributed by atoms with E-state index in [0.717, 1.165) is 0 Å². The zero-order chi connectivity index (χ0) is 12.4. The molecule has 10 heteroatoms. The zero-order valence-corrected chi connectivity index (χ0v) is 8.72. The van der Waals surface area contributed by atoms with Crippen LogP contribution >= 0.6 is 0 Å². The highest BCUT2D eigenvalue weighted by molar-refractivity contribution is 5.65. The van der Waals surface area contributed by atoms with Crippen molar-refractivity contribution in [1.82, 2.24) is 11.0 Å². The average molecular weight is 238 g/mol. The highest BCUT2D eigenvalue weighted by atomic mass is 17.1. The van der Waals surface area contributed by atoms with Crippen molar-refractivity contribution >= 4 is 12.2 Å². The van der Waals surface area contributed by atoms with E-state index >= 15 is 0 Å². The highest BCUT2D eigenvalue weighted by Crippen LogP contribution is 1.81. The number of hydrogen-bond donors (Lipinski definition) is 2. The van der Waals surface area contributed by atoms with Crippen LogP contribution in [0.2, 0.25) is 0 Å². The Bertz CT molecular complexity index is 233. The first-order valence-corrected chi connectivity index (χ1v) is 4.26. The van der Waals surface area contributed by atoms with Crippen molar-refractivity contribution in [2.75, 3.05) is 13.2 Å². The molecule has 0 fully saturated rings. The van der Waals surface area contributed by atoms with Gasteiger partial charge in [0, 0.05) is 0 Å². The summed E-state index contributed by atoms with van der Waals surface area (Å²) in [6.07, 6.45) is -1.97. The van der Waals surface area contributed by atoms with E-state index in [0.29, 0.717) is 0 Å². The van der Waals surface area contributed by atoms with E-state index in [-0.39, 0.29) is 13.2 Å². The predicted octanol–water partition coefficient (Wildman–Crippen LogP) is -0.0493. The topological polar surface area (TPSA) is 115 Å². The van der Waals surface area contributed by atoms with Gasteiger partial charge < -0.3 is 9.47 Å². The van der Waals surface area contributed by atoms with Crippen molar-refractivity contribution in [3.8, 4) is 0 Å². The summed E-state index contributed by atoms with van der Waals surface area (Å²) in [6, 6.07) is 0. The van der Waals surface area contributed by atoms with E-state index in [2.05, 4.69) is 19.4 Å². The maximum Gasteiger partial charge on any atom is 0.531 e. The third-order valence-corrected chi connectivity index (χ3v) is 0.958. The number of ether oxygens (including phenoxy) is 2. The van der Waals surface area contributed by atoms with Gasteiger partial charge in [-0.3, -0.25) is 0 Å². The number of hydrogen-bond acceptors (Lipinski definition) is 7. The molecule has 0 saturated carbocycles. The number of nitrogens with zero attached hydrogens (tertiary/aromatic N) is 1. The van der Waals surface area contributed by atoms with Gasteiger partial charge in [-0.2, -0.15) is 0 Å². The van der Waals surface area contributed by atoms with Crippen LogP contribution in [0.4, 0.5) is 9.59 Å². The first-order chi connectivity index (χ1) is 7.60. The molecule has 0 aliphatic rings. The standard InChI is InChI=1S/C6H11N3O7/c1-3-13-5(10)7-15-9(12)16-8-6(11)14-4-2/h3-4H2,1-2H3,(H-,7,8,10,11)/p+1. The molecule has 0 aromatic rings. The van der Waals surface area contributed by atoms with Crippen LogP contribution in [0.15, 0.2) is 0 Å². The number of nitrogens with one attached hydrogen (secondary N) is 2. The third-order valence-electron chi connectivity index (χ3n) is 0.958. The number of carbonyl (C=O) groups excluding carboxylic acids is 2. The Labute approximate surface area is 90.2 Å². The molecule has 0 aromatic carbocycles. The van der Waals surface area contributed by atoms with Crippen molar-refractivity contribution in [3.05, 3.63) is 4.91 Å². The smallest absolute Gasteiger partial charge is 0.448 e. The molecule has 0 bridgehead atoms. The van der Waals surface area contributed by atoms with Crippen molar-refractivity contribution in [3.63, 3.8) is 0 Å². The molecule has 0 unspecified atom stereocenters. The van der Waals surface area contributed by atoms with Crippen molar-refractivity contribution in [1.29, 1.82) is 0 Å². The lowest BCUT2D eigenvalue weighted by atomic mass is 10.9. The lowest BCUT2D eigenvalue weighted by molar-refractivity contribution is -0.998. The molecule has 0 aliphatic heterocycles. The fourth-order valence-electron chi connectivity index (χ4n) is 0.489. The van der Waals surface area contributed by atoms with E-state index in [1.807, 2.05) is 0 Å². The second kappa shape index (κ2) is 8.08. The minimum Gasteiger partial charge on any atom is -0.448 e. The van der Waals surface area contributed by atoms with Gasteiger partial charge in [-0.25, -0.2) is 9.59 Å². The molecule has 0 saturated heterocycles. The van der Waals surface area contributed by atoms with Crippen LogP contribution in [0.5, 0.6) is 0 Å². The molecule has 0 heterocycles. The van der Waals surface area contributed by atoms with Crippen LogP contribution < -0.4 is 11.0 Å². The van der Waals surface area contributed by atoms with Gasteiger partial charge in [-0.1, -0.05) is 11.0 Å². The van der Waals surface area contributed by atoms with Gasteiger partial charge in [-0.05, 0) is 23.7 Å². The Morgan fingerprint density at radius 1 is 1.00 bits per heavy atom. The molecule has 0 aromatic heterocycles. The molecule has 0 rings (SSSR count). The van der Waals surface area contributed by atoms with Crippen molar-refractivity contribution in [2.24, 2.45) is 0 Å². The summed E-state index contributed by atoms with van der Waals surface area (Å²) in [6.45, 7) is 3.34. The highest BCUT2D eigenvalue weighted by Gasteiger charge is 2.18. The van der Waals surface area contributed by atoms with Crippen LogP contribution in [0.25, 0.3) is 0 Å². The Hall–Kier alpha value is -2.26. The molecule has 10 nitrogen and oxygen atoms in total. The fraction of sp³-hybridized carbons (Fsp3) is 0.667. The summed E-state index contributed by atoms with van der Waals surface area (Å²) in [4.78, 5) is 39.7. The van der Waals surface area contributed by atoms with Crippen LogP contribution in [0.3, 0.4) is 0 Å². The van der Waals surface area contributed by atoms with E-state index < -0.39 is 17.3 Å². The summed E-state index contributed by atoms with van der Waals surface area (Å²) in [5.41, 5.74) is 3.15. The first-order valence-electron chi connectivity index (χ1n) is 4.26. The van der Waals surface area contributed by atoms with Gasteiger partial charge in [-0.15, -0.1) is 0 Å². The second-order valence-electron chi connectivity index (χ2n) is 2.05. The summed E-state index contributed by atoms with van der Waals surface area (Å²) < 4.78 is 8.70. The normalized spacial score (nSPS) is 8.62. The van der Waals surface area contributed by atoms with Crippen LogP contribution in [-0.4, -0.2) is 30.5 Å². The first kappa shape index (κ1) is 13.7. The van der Waals surface area contributed by atoms with Crippen LogP contribution in [0.1, 0.15) is 13.8 Å². The fourth-order valence-corrected chi connectivity index (χ4v) is 0.489. The quantitative estimate of drug-likeness (QED) is 0.623. The molecule has 0 aliphatic carbocycles. The minimum atomic E-state index is -0.983. The van der Waals surface area contributed by atoms with E-state index in [9.17, 15) is 14.5 Å². The van der Waals surface area contributed by atoms with Gasteiger partial charge in [0.1, 0.15) is 4.91 Å². The van der Waals surface area contributed by atoms with Crippen molar-refractivity contribution < 1.29 is 34.0 Å². The maximum absolute atomic E-state index is 10.6. The lowest BCUT2D eigenvalue weighted by Crippen LogP contribution is -2.34. The molecule has 2 N–H and O–H groups in total. The molecule has 0 atom stereocenters. The van der Waals surface area contributed by atoms with E-state index in [1.165, 1.54) is 0 Å². The third kappa shape index (κ3) is 7.17. The largest absolute Gasteiger partial charge is 0.531 e. The monoisotopic (exact) mass is 238 g/mol. The lowest BCUT2D eigenvalue weighted by Gasteiger charge is -1.98. The molecule has 2 amide bonds. The van der Waals surface area contributed by atoms with Gasteiger partial charge in [0.05, 0.1) is 13.2 Å². The summed E-state index contributed by atoms with van der Waals surface area (Å²) in [5.74, 6) is 0. The molecule has 0 spiro atoms. The molecule has 16 heavy (non-hydrogen) atoms. The Kier molecular flexibility index (Phi) is 6.94.